The number of nitrogens with zero attached hydrogens (tertiary/aromatic N) is 1. The lowest BCUT2D eigenvalue weighted by Gasteiger charge is -2.32. The van der Waals surface area contributed by atoms with Gasteiger partial charge >= 0.3 is 0 Å². The summed E-state index contributed by atoms with van der Waals surface area (Å²) in [4.78, 5) is 4.02. The molecule has 0 aromatic carbocycles. The van der Waals surface area contributed by atoms with E-state index in [4.69, 9.17) is 14.9 Å². The molecule has 0 fully saturated rings. The van der Waals surface area contributed by atoms with Gasteiger partial charge in [0.25, 0.3) is 0 Å². The van der Waals surface area contributed by atoms with Crippen LogP contribution in [0.1, 0.15) is 11.6 Å². The van der Waals surface area contributed by atoms with Gasteiger partial charge in [0.2, 0.25) is 0 Å². The number of hydrogen-bond acceptors (Lipinski definition) is 5. The van der Waals surface area contributed by atoms with E-state index in [0.717, 1.165) is 0 Å². The summed E-state index contributed by atoms with van der Waals surface area (Å²) in [5, 5.41) is 9.36. The maximum absolute atomic E-state index is 9.36. The Morgan fingerprint density at radius 1 is 1.67 bits per heavy atom. The van der Waals surface area contributed by atoms with Crippen LogP contribution in [0.5, 0.6) is 0 Å². The minimum atomic E-state index is -1.09. The molecule has 0 aliphatic heterocycles. The highest BCUT2D eigenvalue weighted by atomic mass is 16.5. The lowest BCUT2D eigenvalue weighted by atomic mass is 9.88. The highest BCUT2D eigenvalue weighted by molar-refractivity contribution is 5.32. The highest BCUT2D eigenvalue weighted by Gasteiger charge is 2.36. The molecule has 0 spiro atoms. The molecule has 0 saturated carbocycles. The van der Waals surface area contributed by atoms with E-state index in [1.54, 1.807) is 12.2 Å². The molecular weight excluding hydrogens is 196 g/mol. The third-order valence-electron chi connectivity index (χ3n) is 2.44. The second-order valence-corrected chi connectivity index (χ2v) is 3.38. The van der Waals surface area contributed by atoms with Crippen molar-refractivity contribution in [1.29, 1.82) is 0 Å². The molecule has 15 heavy (non-hydrogen) atoms. The minimum Gasteiger partial charge on any atom is -0.508 e. The molecule has 1 aliphatic rings. The van der Waals surface area contributed by atoms with E-state index < -0.39 is 5.72 Å². The molecule has 2 atom stereocenters. The SMILES string of the molecule is COC1(N)C=C(O)C=CC1c1cocn1. The van der Waals surface area contributed by atoms with Gasteiger partial charge in [0.05, 0.1) is 11.6 Å². The Balaban J connectivity index is 2.38. The van der Waals surface area contributed by atoms with Gasteiger partial charge in [0, 0.05) is 13.2 Å². The van der Waals surface area contributed by atoms with Gasteiger partial charge in [-0.3, -0.25) is 5.73 Å². The third-order valence-corrected chi connectivity index (χ3v) is 2.44. The molecule has 5 heteroatoms. The van der Waals surface area contributed by atoms with Crippen LogP contribution in [0, 0.1) is 0 Å². The first-order valence-electron chi connectivity index (χ1n) is 4.48. The van der Waals surface area contributed by atoms with Gasteiger partial charge in [-0.25, -0.2) is 4.98 Å². The van der Waals surface area contributed by atoms with E-state index in [2.05, 4.69) is 4.98 Å². The van der Waals surface area contributed by atoms with Crippen LogP contribution in [0.3, 0.4) is 0 Å². The van der Waals surface area contributed by atoms with E-state index in [1.165, 1.54) is 25.8 Å². The first-order valence-corrected chi connectivity index (χ1v) is 4.48. The van der Waals surface area contributed by atoms with Crippen LogP contribution in [0.15, 0.2) is 41.1 Å². The van der Waals surface area contributed by atoms with Crippen LogP contribution in [0.25, 0.3) is 0 Å². The van der Waals surface area contributed by atoms with Crippen molar-refractivity contribution in [1.82, 2.24) is 4.98 Å². The monoisotopic (exact) mass is 208 g/mol. The maximum atomic E-state index is 9.36. The fourth-order valence-corrected chi connectivity index (χ4v) is 1.61. The van der Waals surface area contributed by atoms with E-state index in [1.807, 2.05) is 0 Å². The Morgan fingerprint density at radius 2 is 2.47 bits per heavy atom. The number of aliphatic hydroxyl groups excluding tert-OH is 1. The van der Waals surface area contributed by atoms with Crippen LogP contribution in [-0.4, -0.2) is 22.9 Å². The second-order valence-electron chi connectivity index (χ2n) is 3.38. The number of aromatic nitrogens is 1. The van der Waals surface area contributed by atoms with Crippen LogP contribution in [0.2, 0.25) is 0 Å². The maximum Gasteiger partial charge on any atom is 0.180 e. The fraction of sp³-hybridized carbons (Fsp3) is 0.300. The molecule has 0 bridgehead atoms. The third kappa shape index (κ3) is 1.67. The van der Waals surface area contributed by atoms with Crippen molar-refractivity contribution in [2.75, 3.05) is 7.11 Å². The Morgan fingerprint density at radius 3 is 3.07 bits per heavy atom. The molecule has 3 N–H and O–H groups in total. The molecule has 0 saturated heterocycles. The highest BCUT2D eigenvalue weighted by Crippen LogP contribution is 2.32. The van der Waals surface area contributed by atoms with Gasteiger partial charge in [0.15, 0.2) is 12.1 Å². The summed E-state index contributed by atoms with van der Waals surface area (Å²) in [6.07, 6.45) is 7.58. The van der Waals surface area contributed by atoms with Crippen LogP contribution in [0.4, 0.5) is 0 Å². The van der Waals surface area contributed by atoms with Crippen LogP contribution >= 0.6 is 0 Å². The van der Waals surface area contributed by atoms with Gasteiger partial charge in [0.1, 0.15) is 12.0 Å². The Kier molecular flexibility index (Phi) is 2.34. The number of methoxy groups -OCH3 is 1. The Bertz CT molecular complexity index is 397. The zero-order valence-corrected chi connectivity index (χ0v) is 8.25. The number of ether oxygens (including phenoxy) is 1. The molecule has 1 heterocycles. The number of oxazole rings is 1. The van der Waals surface area contributed by atoms with Gasteiger partial charge in [-0.05, 0) is 6.08 Å². The zero-order valence-electron chi connectivity index (χ0n) is 8.25. The normalized spacial score (nSPS) is 30.3. The van der Waals surface area contributed by atoms with Crippen molar-refractivity contribution >= 4 is 0 Å². The summed E-state index contributed by atoms with van der Waals surface area (Å²) < 4.78 is 10.1. The van der Waals surface area contributed by atoms with E-state index in [-0.39, 0.29) is 11.7 Å². The number of hydrogen-bond donors (Lipinski definition) is 2. The fourth-order valence-electron chi connectivity index (χ4n) is 1.61. The first-order chi connectivity index (χ1) is 7.15. The van der Waals surface area contributed by atoms with Crippen molar-refractivity contribution in [2.24, 2.45) is 5.73 Å². The summed E-state index contributed by atoms with van der Waals surface area (Å²) in [7, 11) is 1.48. The summed E-state index contributed by atoms with van der Waals surface area (Å²) in [6.45, 7) is 0. The standard InChI is InChI=1S/C10H12N2O3/c1-14-10(11)4-7(13)2-3-8(10)9-5-15-6-12-9/h2-6,8,13H,11H2,1H3. The van der Waals surface area contributed by atoms with Gasteiger partial charge in [-0.2, -0.15) is 0 Å². The van der Waals surface area contributed by atoms with Crippen molar-refractivity contribution in [3.05, 3.63) is 42.3 Å². The molecule has 80 valence electrons. The average Bonchev–Trinajstić information content (AvgIpc) is 2.71. The molecule has 2 rings (SSSR count). The molecule has 1 aromatic heterocycles. The van der Waals surface area contributed by atoms with E-state index in [0.29, 0.717) is 5.69 Å². The van der Waals surface area contributed by atoms with Crippen molar-refractivity contribution in [3.63, 3.8) is 0 Å². The number of allylic oxidation sites excluding steroid dienone is 1. The topological polar surface area (TPSA) is 81.5 Å². The zero-order chi connectivity index (χ0) is 10.9. The largest absolute Gasteiger partial charge is 0.508 e. The number of aliphatic hydroxyl groups is 1. The summed E-state index contributed by atoms with van der Waals surface area (Å²) in [5.74, 6) is -0.184. The van der Waals surface area contributed by atoms with Crippen molar-refractivity contribution in [2.45, 2.75) is 11.6 Å². The summed E-state index contributed by atoms with van der Waals surface area (Å²) in [6, 6.07) is 0. The van der Waals surface area contributed by atoms with Crippen molar-refractivity contribution in [3.8, 4) is 0 Å². The number of nitrogens with two attached hydrogens (primary N) is 1. The summed E-state index contributed by atoms with van der Waals surface area (Å²) in [5.41, 5.74) is 5.57. The Labute approximate surface area is 86.9 Å². The second kappa shape index (κ2) is 3.52. The molecule has 0 amide bonds. The molecule has 0 radical (unpaired) electrons. The summed E-state index contributed by atoms with van der Waals surface area (Å²) >= 11 is 0. The van der Waals surface area contributed by atoms with E-state index in [9.17, 15) is 5.11 Å². The molecule has 5 nitrogen and oxygen atoms in total. The van der Waals surface area contributed by atoms with Crippen molar-refractivity contribution < 1.29 is 14.3 Å². The van der Waals surface area contributed by atoms with Crippen LogP contribution in [-0.2, 0) is 4.74 Å². The average molecular weight is 208 g/mol. The van der Waals surface area contributed by atoms with E-state index >= 15 is 0 Å². The number of rotatable bonds is 2. The van der Waals surface area contributed by atoms with Gasteiger partial charge in [-0.15, -0.1) is 0 Å². The molecule has 1 aliphatic carbocycles. The lowest BCUT2D eigenvalue weighted by molar-refractivity contribution is 0.0206. The Hall–Kier alpha value is -1.59. The first kappa shape index (κ1) is 9.95. The predicted molar refractivity (Wildman–Crippen MR) is 53.0 cm³/mol. The van der Waals surface area contributed by atoms with Gasteiger partial charge < -0.3 is 14.3 Å². The molecule has 2 unspecified atom stereocenters. The van der Waals surface area contributed by atoms with Gasteiger partial charge in [-0.1, -0.05) is 6.08 Å². The predicted octanol–water partition coefficient (Wildman–Crippen LogP) is 1.07. The quantitative estimate of drug-likeness (QED) is 0.710. The molecule has 1 aromatic rings. The van der Waals surface area contributed by atoms with Crippen LogP contribution < -0.4 is 5.73 Å². The lowest BCUT2D eigenvalue weighted by Crippen LogP contribution is -2.46. The smallest absolute Gasteiger partial charge is 0.180 e. The molecular formula is C10H12N2O3. The minimum absolute atomic E-state index is 0.0825.